The van der Waals surface area contributed by atoms with E-state index >= 15 is 0 Å². The SMILES string of the molecule is COc1c([C@@H]2CC3(CCCC3)CCC2c2cc(=O)c3c(C(N)=O)nccc3[nH]2)ccc(F)c1F. The lowest BCUT2D eigenvalue weighted by Crippen LogP contribution is -2.31. The molecule has 3 aromatic rings. The first kappa shape index (κ1) is 22.5. The van der Waals surface area contributed by atoms with E-state index in [4.69, 9.17) is 10.5 Å². The number of aromatic amines is 1. The molecule has 2 aliphatic carbocycles. The molecule has 1 spiro atoms. The van der Waals surface area contributed by atoms with E-state index < -0.39 is 17.5 Å². The van der Waals surface area contributed by atoms with Gasteiger partial charge in [-0.05, 0) is 55.6 Å². The van der Waals surface area contributed by atoms with Crippen molar-refractivity contribution < 1.29 is 18.3 Å². The molecular formula is C26H27F2N3O3. The van der Waals surface area contributed by atoms with Crippen molar-refractivity contribution >= 4 is 16.8 Å². The predicted molar refractivity (Wildman–Crippen MR) is 124 cm³/mol. The second kappa shape index (κ2) is 8.49. The maximum atomic E-state index is 14.7. The number of halogens is 2. The summed E-state index contributed by atoms with van der Waals surface area (Å²) >= 11 is 0. The maximum absolute atomic E-state index is 14.7. The summed E-state index contributed by atoms with van der Waals surface area (Å²) in [5.74, 6) is -3.08. The summed E-state index contributed by atoms with van der Waals surface area (Å²) in [4.78, 5) is 32.2. The third-order valence-corrected chi connectivity index (χ3v) is 7.87. The molecule has 0 bridgehead atoms. The topological polar surface area (TPSA) is 98.1 Å². The number of H-pyrrole nitrogens is 1. The minimum Gasteiger partial charge on any atom is -0.493 e. The fraction of sp³-hybridized carbons (Fsp3) is 0.423. The van der Waals surface area contributed by atoms with Crippen LogP contribution >= 0.6 is 0 Å². The number of aromatic nitrogens is 2. The Kier molecular flexibility index (Phi) is 5.62. The number of methoxy groups -OCH3 is 1. The normalized spacial score (nSPS) is 21.7. The Hall–Kier alpha value is -3.29. The van der Waals surface area contributed by atoms with E-state index in [1.54, 1.807) is 12.1 Å². The molecule has 2 aliphatic rings. The molecule has 1 aromatic carbocycles. The quantitative estimate of drug-likeness (QED) is 0.569. The molecule has 2 heterocycles. The second-order valence-electron chi connectivity index (χ2n) is 9.68. The molecule has 1 unspecified atom stereocenters. The smallest absolute Gasteiger partial charge is 0.268 e. The van der Waals surface area contributed by atoms with E-state index in [0.717, 1.165) is 38.2 Å². The van der Waals surface area contributed by atoms with Crippen LogP contribution in [0.25, 0.3) is 10.9 Å². The van der Waals surface area contributed by atoms with Crippen LogP contribution in [0.3, 0.4) is 0 Å². The number of fused-ring (bicyclic) bond motifs is 1. The molecule has 1 amide bonds. The minimum absolute atomic E-state index is 0.0716. The second-order valence-corrected chi connectivity index (χ2v) is 9.68. The minimum atomic E-state index is -0.992. The highest BCUT2D eigenvalue weighted by Gasteiger charge is 2.45. The summed E-state index contributed by atoms with van der Waals surface area (Å²) < 4.78 is 34.0. The largest absolute Gasteiger partial charge is 0.493 e. The molecule has 2 atom stereocenters. The predicted octanol–water partition coefficient (Wildman–Crippen LogP) is 4.92. The number of nitrogens with one attached hydrogen (secondary N) is 1. The lowest BCUT2D eigenvalue weighted by molar-refractivity contribution is 0.0997. The molecule has 0 saturated heterocycles. The Labute approximate surface area is 195 Å². The van der Waals surface area contributed by atoms with Crippen molar-refractivity contribution in [3.8, 4) is 5.75 Å². The Morgan fingerprint density at radius 2 is 1.94 bits per heavy atom. The van der Waals surface area contributed by atoms with Gasteiger partial charge in [0.05, 0.1) is 18.0 Å². The summed E-state index contributed by atoms with van der Waals surface area (Å²) in [6.45, 7) is 0. The third-order valence-electron chi connectivity index (χ3n) is 7.87. The van der Waals surface area contributed by atoms with Gasteiger partial charge in [0.15, 0.2) is 17.0 Å². The van der Waals surface area contributed by atoms with Gasteiger partial charge in [-0.1, -0.05) is 18.9 Å². The zero-order valence-electron chi connectivity index (χ0n) is 19.0. The van der Waals surface area contributed by atoms with E-state index in [1.165, 1.54) is 32.2 Å². The molecule has 2 fully saturated rings. The molecule has 2 saturated carbocycles. The highest BCUT2D eigenvalue weighted by atomic mass is 19.2. The number of primary amides is 1. The van der Waals surface area contributed by atoms with Crippen LogP contribution in [0.2, 0.25) is 0 Å². The number of ether oxygens (including phenoxy) is 1. The van der Waals surface area contributed by atoms with Crippen LogP contribution in [-0.4, -0.2) is 23.0 Å². The standard InChI is InChI=1S/C26H27F2N3O3/c1-34-24-15(4-5-17(27)22(24)28)16-13-26(8-2-3-9-26)10-6-14(16)19-12-20(32)21-18(31-19)7-11-30-23(21)25(29)33/h4-5,7,11-12,14,16H,2-3,6,8-10,13H2,1H3,(H2,29,33)(H,31,32)/t14?,16-/m1/s1. The lowest BCUT2D eigenvalue weighted by atomic mass is 9.61. The van der Waals surface area contributed by atoms with Crippen LogP contribution < -0.4 is 15.9 Å². The average molecular weight is 468 g/mol. The number of carbonyl (C=O) groups is 1. The van der Waals surface area contributed by atoms with Gasteiger partial charge in [0.25, 0.3) is 5.91 Å². The molecule has 3 N–H and O–H groups in total. The van der Waals surface area contributed by atoms with Gasteiger partial charge in [-0.2, -0.15) is 4.39 Å². The molecule has 5 rings (SSSR count). The number of amides is 1. The van der Waals surface area contributed by atoms with Gasteiger partial charge in [-0.25, -0.2) is 4.39 Å². The zero-order valence-corrected chi connectivity index (χ0v) is 19.0. The molecule has 178 valence electrons. The fourth-order valence-corrected chi connectivity index (χ4v) is 6.31. The van der Waals surface area contributed by atoms with Crippen molar-refractivity contribution in [1.29, 1.82) is 0 Å². The van der Waals surface area contributed by atoms with Crippen molar-refractivity contribution in [3.63, 3.8) is 0 Å². The lowest BCUT2D eigenvalue weighted by Gasteiger charge is -2.43. The van der Waals surface area contributed by atoms with Crippen molar-refractivity contribution in [1.82, 2.24) is 9.97 Å². The number of carbonyl (C=O) groups excluding carboxylic acids is 1. The molecule has 2 aromatic heterocycles. The summed E-state index contributed by atoms with van der Waals surface area (Å²) in [7, 11) is 1.35. The van der Waals surface area contributed by atoms with Crippen LogP contribution in [0.15, 0.2) is 35.3 Å². The van der Waals surface area contributed by atoms with E-state index in [2.05, 4.69) is 9.97 Å². The summed E-state index contributed by atoms with van der Waals surface area (Å²) in [5, 5.41) is 0.156. The van der Waals surface area contributed by atoms with Crippen molar-refractivity contribution in [2.45, 2.75) is 56.8 Å². The number of benzene rings is 1. The Bertz CT molecular complexity index is 1330. The Morgan fingerprint density at radius 3 is 2.65 bits per heavy atom. The van der Waals surface area contributed by atoms with E-state index in [0.29, 0.717) is 16.8 Å². The van der Waals surface area contributed by atoms with Gasteiger partial charge in [0.1, 0.15) is 5.69 Å². The van der Waals surface area contributed by atoms with Crippen molar-refractivity contribution in [3.05, 3.63) is 69.3 Å². The fourth-order valence-electron chi connectivity index (χ4n) is 6.31. The van der Waals surface area contributed by atoms with Crippen LogP contribution in [0.5, 0.6) is 5.75 Å². The molecule has 8 heteroatoms. The summed E-state index contributed by atoms with van der Waals surface area (Å²) in [5.41, 5.74) is 6.96. The number of nitrogens with zero attached hydrogens (tertiary/aromatic N) is 1. The van der Waals surface area contributed by atoms with Gasteiger partial charge < -0.3 is 15.5 Å². The molecule has 6 nitrogen and oxygen atoms in total. The highest BCUT2D eigenvalue weighted by Crippen LogP contribution is 2.58. The molecule has 34 heavy (non-hydrogen) atoms. The Balaban J connectivity index is 1.65. The Morgan fingerprint density at radius 1 is 1.18 bits per heavy atom. The number of hydrogen-bond acceptors (Lipinski definition) is 4. The van der Waals surface area contributed by atoms with Crippen molar-refractivity contribution in [2.75, 3.05) is 7.11 Å². The van der Waals surface area contributed by atoms with Crippen LogP contribution in [-0.2, 0) is 0 Å². The van der Waals surface area contributed by atoms with E-state index in [9.17, 15) is 18.4 Å². The van der Waals surface area contributed by atoms with Gasteiger partial charge in [0.2, 0.25) is 5.82 Å². The first-order valence-corrected chi connectivity index (χ1v) is 11.7. The zero-order chi connectivity index (χ0) is 24.0. The maximum Gasteiger partial charge on any atom is 0.268 e. The number of nitrogens with two attached hydrogens (primary N) is 1. The average Bonchev–Trinajstić information content (AvgIpc) is 3.27. The molecular weight excluding hydrogens is 440 g/mol. The summed E-state index contributed by atoms with van der Waals surface area (Å²) in [6.07, 6.45) is 8.61. The van der Waals surface area contributed by atoms with Gasteiger partial charge >= 0.3 is 0 Å². The first-order valence-electron chi connectivity index (χ1n) is 11.7. The van der Waals surface area contributed by atoms with E-state index in [-0.39, 0.29) is 39.5 Å². The van der Waals surface area contributed by atoms with E-state index in [1.807, 2.05) is 0 Å². The first-order chi connectivity index (χ1) is 16.3. The van der Waals surface area contributed by atoms with Gasteiger partial charge in [0, 0.05) is 29.4 Å². The molecule has 0 aliphatic heterocycles. The number of hydrogen-bond donors (Lipinski definition) is 2. The number of pyridine rings is 2. The van der Waals surface area contributed by atoms with Gasteiger partial charge in [-0.15, -0.1) is 0 Å². The van der Waals surface area contributed by atoms with Gasteiger partial charge in [-0.3, -0.25) is 14.6 Å². The highest BCUT2D eigenvalue weighted by molar-refractivity contribution is 6.03. The van der Waals surface area contributed by atoms with Crippen LogP contribution in [0.4, 0.5) is 8.78 Å². The third kappa shape index (κ3) is 3.65. The summed E-state index contributed by atoms with van der Waals surface area (Å²) in [6, 6.07) is 5.89. The molecule has 0 radical (unpaired) electrons. The van der Waals surface area contributed by atoms with Crippen LogP contribution in [0, 0.1) is 17.0 Å². The number of rotatable bonds is 4. The van der Waals surface area contributed by atoms with Crippen LogP contribution in [0.1, 0.15) is 78.5 Å². The van der Waals surface area contributed by atoms with Crippen molar-refractivity contribution in [2.24, 2.45) is 11.1 Å². The monoisotopic (exact) mass is 467 g/mol.